The third-order valence-electron chi connectivity index (χ3n) is 4.28. The van der Waals surface area contributed by atoms with E-state index in [1.54, 1.807) is 0 Å². The number of nitrogens with one attached hydrogen (secondary N) is 2. The van der Waals surface area contributed by atoms with E-state index in [2.05, 4.69) is 31.9 Å². The first kappa shape index (κ1) is 17.2. The SMILES string of the molecule is O[C@@H](COc1ccc(Br)cc1)C[NH+]1CCN(c2cccc[nH+]2)CC1. The molecule has 2 aromatic rings. The highest BCUT2D eigenvalue weighted by Crippen LogP contribution is 2.16. The van der Waals surface area contributed by atoms with E-state index in [9.17, 15) is 5.11 Å². The number of aliphatic hydroxyl groups is 1. The zero-order chi connectivity index (χ0) is 16.8. The zero-order valence-electron chi connectivity index (χ0n) is 13.6. The van der Waals surface area contributed by atoms with Gasteiger partial charge in [-0.1, -0.05) is 22.0 Å². The summed E-state index contributed by atoms with van der Waals surface area (Å²) in [6.07, 6.45) is 1.51. The molecule has 24 heavy (non-hydrogen) atoms. The maximum Gasteiger partial charge on any atom is 0.274 e. The van der Waals surface area contributed by atoms with E-state index in [0.29, 0.717) is 6.61 Å². The number of hydrogen-bond acceptors (Lipinski definition) is 3. The average molecular weight is 394 g/mol. The number of aromatic amines is 1. The van der Waals surface area contributed by atoms with Gasteiger partial charge < -0.3 is 14.7 Å². The summed E-state index contributed by atoms with van der Waals surface area (Å²) in [5.74, 6) is 1.95. The number of benzene rings is 1. The van der Waals surface area contributed by atoms with Gasteiger partial charge in [-0.05, 0) is 30.3 Å². The highest BCUT2D eigenvalue weighted by atomic mass is 79.9. The fraction of sp³-hybridized carbons (Fsp3) is 0.389. The molecule has 2 heterocycles. The Morgan fingerprint density at radius 1 is 1.17 bits per heavy atom. The minimum absolute atomic E-state index is 0.335. The van der Waals surface area contributed by atoms with Crippen LogP contribution in [0.4, 0.5) is 5.82 Å². The Bertz CT molecular complexity index is 616. The fourth-order valence-electron chi connectivity index (χ4n) is 2.96. The highest BCUT2D eigenvalue weighted by Gasteiger charge is 2.27. The topological polar surface area (TPSA) is 51.3 Å². The monoisotopic (exact) mass is 393 g/mol. The smallest absolute Gasteiger partial charge is 0.274 e. The molecule has 1 aromatic carbocycles. The number of rotatable bonds is 6. The Kier molecular flexibility index (Phi) is 6.07. The van der Waals surface area contributed by atoms with Gasteiger partial charge in [0, 0.05) is 10.5 Å². The number of quaternary nitrogens is 1. The average Bonchev–Trinajstić information content (AvgIpc) is 2.63. The Balaban J connectivity index is 1.40. The number of piperazine rings is 1. The van der Waals surface area contributed by atoms with Gasteiger partial charge in [0.25, 0.3) is 5.82 Å². The molecule has 1 aliphatic rings. The normalized spacial score (nSPS) is 16.8. The first-order chi connectivity index (χ1) is 11.7. The second kappa shape index (κ2) is 8.46. The maximum atomic E-state index is 10.2. The molecule has 0 unspecified atom stereocenters. The molecule has 1 aliphatic heterocycles. The summed E-state index contributed by atoms with van der Waals surface area (Å²) in [6, 6.07) is 13.8. The lowest BCUT2D eigenvalue weighted by molar-refractivity contribution is -0.903. The summed E-state index contributed by atoms with van der Waals surface area (Å²) in [5.41, 5.74) is 0. The third-order valence-corrected chi connectivity index (χ3v) is 4.81. The number of hydrogen-bond donors (Lipinski definition) is 2. The number of ether oxygens (including phenoxy) is 1. The van der Waals surface area contributed by atoms with E-state index in [0.717, 1.165) is 48.8 Å². The van der Waals surface area contributed by atoms with E-state index >= 15 is 0 Å². The van der Waals surface area contributed by atoms with E-state index in [4.69, 9.17) is 4.74 Å². The molecule has 5 nitrogen and oxygen atoms in total. The lowest BCUT2D eigenvalue weighted by Crippen LogP contribution is -3.16. The van der Waals surface area contributed by atoms with E-state index in [1.165, 1.54) is 4.90 Å². The lowest BCUT2D eigenvalue weighted by atomic mass is 10.2. The lowest BCUT2D eigenvalue weighted by Gasteiger charge is -2.29. The first-order valence-electron chi connectivity index (χ1n) is 8.32. The second-order valence-electron chi connectivity index (χ2n) is 6.11. The van der Waals surface area contributed by atoms with Crippen LogP contribution in [-0.2, 0) is 0 Å². The van der Waals surface area contributed by atoms with Gasteiger partial charge in [-0.3, -0.25) is 4.90 Å². The molecule has 1 atom stereocenters. The Morgan fingerprint density at radius 2 is 1.92 bits per heavy atom. The number of nitrogens with zero attached hydrogens (tertiary/aromatic N) is 1. The minimum atomic E-state index is -0.446. The van der Waals surface area contributed by atoms with Crippen molar-refractivity contribution in [3.63, 3.8) is 0 Å². The van der Waals surface area contributed by atoms with Crippen LogP contribution in [0.2, 0.25) is 0 Å². The van der Waals surface area contributed by atoms with Gasteiger partial charge in [0.15, 0.2) is 0 Å². The fourth-order valence-corrected chi connectivity index (χ4v) is 3.23. The molecule has 3 N–H and O–H groups in total. The van der Waals surface area contributed by atoms with E-state index in [1.807, 2.05) is 42.6 Å². The van der Waals surface area contributed by atoms with Gasteiger partial charge in [0.05, 0.1) is 6.20 Å². The van der Waals surface area contributed by atoms with Crippen LogP contribution in [0.3, 0.4) is 0 Å². The van der Waals surface area contributed by atoms with E-state index < -0.39 is 6.10 Å². The van der Waals surface area contributed by atoms with Gasteiger partial charge >= 0.3 is 0 Å². The molecule has 128 valence electrons. The molecule has 6 heteroatoms. The predicted octanol–water partition coefficient (Wildman–Crippen LogP) is 0.408. The van der Waals surface area contributed by atoms with Gasteiger partial charge in [-0.2, -0.15) is 0 Å². The molecule has 0 radical (unpaired) electrons. The van der Waals surface area contributed by atoms with Crippen molar-refractivity contribution in [1.29, 1.82) is 0 Å². The van der Waals surface area contributed by atoms with Crippen LogP contribution in [0.1, 0.15) is 0 Å². The van der Waals surface area contributed by atoms with Crippen LogP contribution in [0.25, 0.3) is 0 Å². The molecule has 1 saturated heterocycles. The summed E-state index contributed by atoms with van der Waals surface area (Å²) in [6.45, 7) is 5.10. The molecule has 1 fully saturated rings. The van der Waals surface area contributed by atoms with Crippen molar-refractivity contribution in [2.24, 2.45) is 0 Å². The summed E-state index contributed by atoms with van der Waals surface area (Å²) >= 11 is 3.40. The van der Waals surface area contributed by atoms with Crippen LogP contribution in [0.5, 0.6) is 5.75 Å². The van der Waals surface area contributed by atoms with Crippen molar-refractivity contribution in [3.8, 4) is 5.75 Å². The van der Waals surface area contributed by atoms with Crippen LogP contribution < -0.4 is 19.5 Å². The molecule has 1 aromatic heterocycles. The number of anilines is 1. The van der Waals surface area contributed by atoms with Crippen molar-refractivity contribution in [1.82, 2.24) is 0 Å². The van der Waals surface area contributed by atoms with Gasteiger partial charge in [-0.25, -0.2) is 4.98 Å². The van der Waals surface area contributed by atoms with Crippen LogP contribution in [-0.4, -0.2) is 50.5 Å². The highest BCUT2D eigenvalue weighted by molar-refractivity contribution is 9.10. The number of aliphatic hydroxyl groups excluding tert-OH is 1. The molecule has 0 amide bonds. The number of halogens is 1. The van der Waals surface area contributed by atoms with Crippen molar-refractivity contribution in [3.05, 3.63) is 53.1 Å². The quantitative estimate of drug-likeness (QED) is 0.747. The van der Waals surface area contributed by atoms with Crippen molar-refractivity contribution in [2.45, 2.75) is 6.10 Å². The molecule has 0 spiro atoms. The Labute approximate surface area is 151 Å². The largest absolute Gasteiger partial charge is 0.491 e. The number of H-pyrrole nitrogens is 1. The summed E-state index contributed by atoms with van der Waals surface area (Å²) in [7, 11) is 0. The summed E-state index contributed by atoms with van der Waals surface area (Å²) in [4.78, 5) is 7.06. The van der Waals surface area contributed by atoms with Gasteiger partial charge in [0.1, 0.15) is 51.2 Å². The second-order valence-corrected chi connectivity index (χ2v) is 7.02. The molecule has 0 aliphatic carbocycles. The zero-order valence-corrected chi connectivity index (χ0v) is 15.2. The van der Waals surface area contributed by atoms with Crippen LogP contribution >= 0.6 is 15.9 Å². The van der Waals surface area contributed by atoms with E-state index in [-0.39, 0.29) is 0 Å². The Hall–Kier alpha value is -1.63. The first-order valence-corrected chi connectivity index (χ1v) is 9.11. The van der Waals surface area contributed by atoms with Crippen molar-refractivity contribution >= 4 is 21.7 Å². The molecule has 0 bridgehead atoms. The van der Waals surface area contributed by atoms with Gasteiger partial charge in [-0.15, -0.1) is 0 Å². The van der Waals surface area contributed by atoms with Crippen LogP contribution in [0, 0.1) is 0 Å². The predicted molar refractivity (Wildman–Crippen MR) is 96.4 cm³/mol. The summed E-state index contributed by atoms with van der Waals surface area (Å²) < 4.78 is 6.68. The maximum absolute atomic E-state index is 10.2. The third kappa shape index (κ3) is 4.93. The van der Waals surface area contributed by atoms with Crippen molar-refractivity contribution in [2.75, 3.05) is 44.2 Å². The molecule has 0 saturated carbocycles. The molecular weight excluding hydrogens is 370 g/mol. The van der Waals surface area contributed by atoms with Crippen molar-refractivity contribution < 1.29 is 19.7 Å². The van der Waals surface area contributed by atoms with Gasteiger partial charge in [0.2, 0.25) is 0 Å². The number of aromatic nitrogens is 1. The molecule has 3 rings (SSSR count). The minimum Gasteiger partial charge on any atom is -0.491 e. The Morgan fingerprint density at radius 3 is 2.58 bits per heavy atom. The van der Waals surface area contributed by atoms with Crippen LogP contribution in [0.15, 0.2) is 53.1 Å². The molecular formula is C18H24BrN3O2+2. The number of pyridine rings is 1. The standard InChI is InChI=1S/C18H22BrN3O2/c19-15-4-6-17(7-5-15)24-14-16(23)13-21-9-11-22(12-10-21)18-3-1-2-8-20-18/h1-8,16,23H,9-14H2/p+2/t16-/m1/s1. The summed E-state index contributed by atoms with van der Waals surface area (Å²) in [5, 5.41) is 10.2.